The van der Waals surface area contributed by atoms with E-state index in [4.69, 9.17) is 11.5 Å². The van der Waals surface area contributed by atoms with Crippen LogP contribution in [0.3, 0.4) is 0 Å². The number of rotatable bonds is 6. The molecule has 0 bridgehead atoms. The van der Waals surface area contributed by atoms with Crippen molar-refractivity contribution in [1.29, 1.82) is 0 Å². The maximum Gasteiger partial charge on any atom is 1.24 e. The molecule has 34 heavy (non-hydrogen) atoms. The predicted octanol–water partition coefficient (Wildman–Crippen LogP) is 4.19. The third-order valence-electron chi connectivity index (χ3n) is 5.36. The van der Waals surface area contributed by atoms with Crippen molar-refractivity contribution < 1.29 is 16.2 Å². The minimum absolute atomic E-state index is 0.594. The second kappa shape index (κ2) is 8.95. The number of hydrogen-bond donors (Lipinski definition) is 0. The van der Waals surface area contributed by atoms with E-state index in [1.54, 1.807) is 29.5 Å². The van der Waals surface area contributed by atoms with E-state index in [0.29, 0.717) is 17.1 Å². The standard InChI is InChI=1S/2C9H7NO.C8H6N2O.Al/c2*11-8-5-1-3-7-4-2-6-10-9(7)8;11-10-6-2-4-7-3-1-5-9-8(7)10;/h2*1-6,11H;1-6H;/q;;;+3/p-2. The highest BCUT2D eigenvalue weighted by molar-refractivity contribution is 6.39. The number of benzene rings is 2. The van der Waals surface area contributed by atoms with E-state index in [1.165, 1.54) is 0 Å². The van der Waals surface area contributed by atoms with Crippen LogP contribution in [-0.4, -0.2) is 30.1 Å². The summed E-state index contributed by atoms with van der Waals surface area (Å²) in [4.78, 5) is 13.5. The Morgan fingerprint density at radius 2 is 1.09 bits per heavy atom. The highest BCUT2D eigenvalue weighted by Gasteiger charge is 2.49. The predicted molar refractivity (Wildman–Crippen MR) is 129 cm³/mol. The fraction of sp³-hybridized carbons (Fsp3) is 0. The van der Waals surface area contributed by atoms with Gasteiger partial charge < -0.3 is 11.5 Å². The van der Waals surface area contributed by atoms with E-state index in [9.17, 15) is 0 Å². The van der Waals surface area contributed by atoms with E-state index in [1.807, 2.05) is 84.9 Å². The second-order valence-corrected chi connectivity index (χ2v) is 8.80. The molecule has 8 heteroatoms. The molecule has 2 aromatic carbocycles. The molecule has 162 valence electrons. The summed E-state index contributed by atoms with van der Waals surface area (Å²) in [5.41, 5.74) is 2.15. The molecule has 0 aliphatic rings. The van der Waals surface area contributed by atoms with Crippen molar-refractivity contribution >= 4 is 48.0 Å². The van der Waals surface area contributed by atoms with Gasteiger partial charge in [0.2, 0.25) is 0 Å². The summed E-state index contributed by atoms with van der Waals surface area (Å²) in [6, 6.07) is 27.1. The lowest BCUT2D eigenvalue weighted by atomic mass is 10.2. The fourth-order valence-corrected chi connectivity index (χ4v) is 5.10. The number of aromatic nitrogens is 4. The first kappa shape index (κ1) is 20.4. The quantitative estimate of drug-likeness (QED) is 0.274. The normalized spacial score (nSPS) is 10.9. The molecule has 7 nitrogen and oxygen atoms in total. The van der Waals surface area contributed by atoms with Gasteiger partial charge in [-0.05, 0) is 53.5 Å². The molecule has 6 rings (SSSR count). The van der Waals surface area contributed by atoms with Crippen LogP contribution < -0.4 is 16.2 Å². The topological polar surface area (TPSA) is 70.2 Å². The molecule has 0 N–H and O–H groups in total. The smallest absolute Gasteiger partial charge is 0.574 e. The van der Waals surface area contributed by atoms with Crippen LogP contribution in [0.2, 0.25) is 0 Å². The lowest BCUT2D eigenvalue weighted by molar-refractivity contribution is -0.845. The van der Waals surface area contributed by atoms with Crippen molar-refractivity contribution in [2.75, 3.05) is 0 Å². The Bertz CT molecular complexity index is 1420. The summed E-state index contributed by atoms with van der Waals surface area (Å²) in [5, 5.41) is 2.88. The molecular formula is C26H18AlN4O3+. The van der Waals surface area contributed by atoms with Crippen molar-refractivity contribution in [3.05, 3.63) is 110 Å². The third kappa shape index (κ3) is 3.97. The molecule has 4 aromatic heterocycles. The minimum Gasteiger partial charge on any atom is -0.574 e. The Kier molecular flexibility index (Phi) is 5.36. The van der Waals surface area contributed by atoms with Crippen LogP contribution in [0.4, 0.5) is 0 Å². The number of hydrogen-bond acceptors (Lipinski definition) is 6. The van der Waals surface area contributed by atoms with Crippen molar-refractivity contribution in [2.24, 2.45) is 0 Å². The Hall–Kier alpha value is -4.25. The maximum atomic E-state index is 6.39. The zero-order chi connectivity index (χ0) is 22.7. The van der Waals surface area contributed by atoms with Crippen LogP contribution in [0, 0.1) is 0 Å². The molecule has 0 amide bonds. The zero-order valence-corrected chi connectivity index (χ0v) is 19.1. The molecule has 0 atom stereocenters. The molecule has 0 radical (unpaired) electrons. The lowest BCUT2D eigenvalue weighted by Gasteiger charge is -2.16. The monoisotopic (exact) mass is 461 g/mol. The van der Waals surface area contributed by atoms with Gasteiger partial charge in [-0.3, -0.25) is 9.97 Å². The van der Waals surface area contributed by atoms with Gasteiger partial charge in [0.25, 0.3) is 0 Å². The fourth-order valence-electron chi connectivity index (χ4n) is 3.81. The Morgan fingerprint density at radius 3 is 1.74 bits per heavy atom. The molecule has 0 aliphatic carbocycles. The molecular weight excluding hydrogens is 443 g/mol. The van der Waals surface area contributed by atoms with E-state index < -0.39 is 15.1 Å². The van der Waals surface area contributed by atoms with E-state index >= 15 is 0 Å². The van der Waals surface area contributed by atoms with Crippen molar-refractivity contribution in [2.45, 2.75) is 0 Å². The van der Waals surface area contributed by atoms with Gasteiger partial charge in [0.1, 0.15) is 34.9 Å². The first-order chi connectivity index (χ1) is 16.8. The number of para-hydroxylation sites is 2. The molecule has 0 saturated heterocycles. The zero-order valence-electron chi connectivity index (χ0n) is 18.0. The van der Waals surface area contributed by atoms with Crippen LogP contribution in [0.25, 0.3) is 32.8 Å². The highest BCUT2D eigenvalue weighted by atomic mass is 27.3. The van der Waals surface area contributed by atoms with Gasteiger partial charge in [-0.15, -0.1) is 0 Å². The Balaban J connectivity index is 1.42. The van der Waals surface area contributed by atoms with Crippen LogP contribution in [0.15, 0.2) is 110 Å². The van der Waals surface area contributed by atoms with Gasteiger partial charge in [-0.25, -0.2) is 0 Å². The van der Waals surface area contributed by atoms with Crippen molar-refractivity contribution in [3.8, 4) is 11.5 Å². The number of fused-ring (bicyclic) bond motifs is 3. The lowest BCUT2D eigenvalue weighted by Crippen LogP contribution is -2.56. The Morgan fingerprint density at radius 1 is 0.559 bits per heavy atom. The summed E-state index contributed by atoms with van der Waals surface area (Å²) < 4.78 is 20.7. The van der Waals surface area contributed by atoms with Gasteiger partial charge in [-0.1, -0.05) is 41.1 Å². The van der Waals surface area contributed by atoms with Gasteiger partial charge in [-0.2, -0.15) is 0 Å². The van der Waals surface area contributed by atoms with Crippen LogP contribution in [0.1, 0.15) is 0 Å². The van der Waals surface area contributed by atoms with E-state index in [-0.39, 0.29) is 0 Å². The van der Waals surface area contributed by atoms with Gasteiger partial charge >= 0.3 is 20.8 Å². The summed E-state index contributed by atoms with van der Waals surface area (Å²) in [5.74, 6) is 1.19. The van der Waals surface area contributed by atoms with Crippen LogP contribution in [-0.2, 0) is 0 Å². The highest BCUT2D eigenvalue weighted by Crippen LogP contribution is 2.26. The summed E-state index contributed by atoms with van der Waals surface area (Å²) in [7, 11) is 0. The van der Waals surface area contributed by atoms with Gasteiger partial charge in [0, 0.05) is 23.2 Å². The van der Waals surface area contributed by atoms with E-state index in [0.717, 1.165) is 27.2 Å². The molecule has 0 spiro atoms. The summed E-state index contributed by atoms with van der Waals surface area (Å²) in [6.07, 6.45) is 7.01. The SMILES string of the molecule is c1cnc2c([O][Al]([O]c3cccc4cccnc34)[O][n+]3cccc4cccnc43)cccc2c1. The van der Waals surface area contributed by atoms with Crippen molar-refractivity contribution in [3.63, 3.8) is 0 Å². The average Bonchev–Trinajstić information content (AvgIpc) is 2.89. The molecule has 0 unspecified atom stereocenters. The summed E-state index contributed by atoms with van der Waals surface area (Å²) >= 11 is -2.89. The third-order valence-corrected chi connectivity index (χ3v) is 6.65. The summed E-state index contributed by atoms with van der Waals surface area (Å²) in [6.45, 7) is 0. The largest absolute Gasteiger partial charge is 1.24 e. The molecule has 6 aromatic rings. The van der Waals surface area contributed by atoms with Crippen molar-refractivity contribution in [1.82, 2.24) is 15.0 Å². The minimum atomic E-state index is -2.89. The first-order valence-corrected chi connectivity index (χ1v) is 12.2. The van der Waals surface area contributed by atoms with Gasteiger partial charge in [0.15, 0.2) is 0 Å². The number of nitrogens with zero attached hydrogens (tertiary/aromatic N) is 4. The number of pyridine rings is 4. The molecule has 0 fully saturated rings. The molecule has 0 aliphatic heterocycles. The molecule has 4 heterocycles. The first-order valence-electron chi connectivity index (χ1n) is 10.8. The second-order valence-electron chi connectivity index (χ2n) is 7.54. The van der Waals surface area contributed by atoms with E-state index in [2.05, 4.69) is 15.0 Å². The molecule has 0 saturated carbocycles. The maximum absolute atomic E-state index is 6.39. The van der Waals surface area contributed by atoms with Crippen LogP contribution in [0.5, 0.6) is 11.5 Å². The van der Waals surface area contributed by atoms with Gasteiger partial charge in [0.05, 0.1) is 5.39 Å². The Labute approximate surface area is 200 Å². The van der Waals surface area contributed by atoms with Crippen LogP contribution >= 0.6 is 0 Å². The average molecular weight is 461 g/mol.